The van der Waals surface area contributed by atoms with Gasteiger partial charge in [-0.15, -0.1) is 0 Å². The molecule has 1 aromatic carbocycles. The zero-order valence-electron chi connectivity index (χ0n) is 12.1. The van der Waals surface area contributed by atoms with Crippen LogP contribution < -0.4 is 10.9 Å². The van der Waals surface area contributed by atoms with Gasteiger partial charge in [-0.3, -0.25) is 10.2 Å². The maximum absolute atomic E-state index is 12.5. The molecule has 1 rings (SSSR count). The molecule has 0 radical (unpaired) electrons. The summed E-state index contributed by atoms with van der Waals surface area (Å²) in [5, 5.41) is 0.697. The number of halogens is 1. The molecule has 0 aliphatic rings. The Balaban J connectivity index is 2.86. The molecular formula is C15H23ClN2O. The maximum Gasteiger partial charge on any atom is 0.156 e. The minimum atomic E-state index is -0.326. The van der Waals surface area contributed by atoms with Crippen LogP contribution in [0.25, 0.3) is 0 Å². The summed E-state index contributed by atoms with van der Waals surface area (Å²) < 4.78 is 0. The number of nitrogens with one attached hydrogen (secondary N) is 2. The Kier molecular flexibility index (Phi) is 5.98. The SMILES string of the molecule is CCC(C)(C)C(=O)C(Cc1cccc(Cl)c1)NNC. The van der Waals surface area contributed by atoms with Crippen LogP contribution in [0.4, 0.5) is 0 Å². The van der Waals surface area contributed by atoms with Crippen LogP contribution in [0.1, 0.15) is 32.8 Å². The molecule has 106 valence electrons. The molecule has 0 bridgehead atoms. The van der Waals surface area contributed by atoms with Gasteiger partial charge in [0, 0.05) is 10.4 Å². The molecular weight excluding hydrogens is 260 g/mol. The minimum absolute atomic E-state index is 0.212. The molecule has 0 saturated heterocycles. The predicted molar refractivity (Wildman–Crippen MR) is 80.2 cm³/mol. The second kappa shape index (κ2) is 7.04. The van der Waals surface area contributed by atoms with Gasteiger partial charge in [-0.25, -0.2) is 5.43 Å². The van der Waals surface area contributed by atoms with E-state index in [1.54, 1.807) is 7.05 Å². The van der Waals surface area contributed by atoms with Crippen molar-refractivity contribution in [2.75, 3.05) is 7.05 Å². The summed E-state index contributed by atoms with van der Waals surface area (Å²) in [6.07, 6.45) is 1.45. The van der Waals surface area contributed by atoms with Crippen molar-refractivity contribution in [2.45, 2.75) is 39.7 Å². The van der Waals surface area contributed by atoms with Crippen LogP contribution >= 0.6 is 11.6 Å². The van der Waals surface area contributed by atoms with Crippen molar-refractivity contribution in [1.29, 1.82) is 0 Å². The summed E-state index contributed by atoms with van der Waals surface area (Å²) in [6, 6.07) is 7.38. The summed E-state index contributed by atoms with van der Waals surface area (Å²) in [7, 11) is 1.77. The number of ketones is 1. The topological polar surface area (TPSA) is 41.1 Å². The van der Waals surface area contributed by atoms with Gasteiger partial charge in [0.2, 0.25) is 0 Å². The zero-order valence-corrected chi connectivity index (χ0v) is 12.8. The molecule has 0 heterocycles. The van der Waals surface area contributed by atoms with Crippen molar-refractivity contribution in [3.63, 3.8) is 0 Å². The Morgan fingerprint density at radius 1 is 1.42 bits per heavy atom. The summed E-state index contributed by atoms with van der Waals surface area (Å²) >= 11 is 5.98. The van der Waals surface area contributed by atoms with Crippen molar-refractivity contribution in [3.8, 4) is 0 Å². The molecule has 0 spiro atoms. The van der Waals surface area contributed by atoms with E-state index in [0.717, 1.165) is 12.0 Å². The lowest BCUT2D eigenvalue weighted by atomic mass is 9.80. The van der Waals surface area contributed by atoms with E-state index < -0.39 is 0 Å². The Morgan fingerprint density at radius 3 is 2.63 bits per heavy atom. The lowest BCUT2D eigenvalue weighted by molar-refractivity contribution is -0.129. The van der Waals surface area contributed by atoms with Gasteiger partial charge >= 0.3 is 0 Å². The quantitative estimate of drug-likeness (QED) is 0.756. The van der Waals surface area contributed by atoms with E-state index in [1.165, 1.54) is 0 Å². The Bertz CT molecular complexity index is 432. The van der Waals surface area contributed by atoms with Crippen LogP contribution in [0.5, 0.6) is 0 Å². The van der Waals surface area contributed by atoms with Gasteiger partial charge in [-0.1, -0.05) is 44.5 Å². The molecule has 0 aliphatic heterocycles. The largest absolute Gasteiger partial charge is 0.297 e. The number of carbonyl (C=O) groups is 1. The van der Waals surface area contributed by atoms with Crippen molar-refractivity contribution in [3.05, 3.63) is 34.9 Å². The first-order valence-electron chi connectivity index (χ1n) is 6.61. The zero-order chi connectivity index (χ0) is 14.5. The van der Waals surface area contributed by atoms with Gasteiger partial charge in [-0.2, -0.15) is 0 Å². The summed E-state index contributed by atoms with van der Waals surface area (Å²) in [5.41, 5.74) is 6.65. The lowest BCUT2D eigenvalue weighted by Gasteiger charge is -2.27. The first-order chi connectivity index (χ1) is 8.90. The predicted octanol–water partition coefficient (Wildman–Crippen LogP) is 2.98. The highest BCUT2D eigenvalue weighted by Crippen LogP contribution is 2.24. The molecule has 0 aromatic heterocycles. The molecule has 0 fully saturated rings. The third kappa shape index (κ3) is 4.60. The molecule has 2 N–H and O–H groups in total. The number of hydrazine groups is 1. The highest BCUT2D eigenvalue weighted by molar-refractivity contribution is 6.30. The normalized spacial score (nSPS) is 13.3. The Morgan fingerprint density at radius 2 is 2.11 bits per heavy atom. The number of hydrogen-bond acceptors (Lipinski definition) is 3. The summed E-state index contributed by atoms with van der Waals surface area (Å²) in [6.45, 7) is 6.00. The number of rotatable bonds is 7. The Labute approximate surface area is 120 Å². The molecule has 4 heteroatoms. The molecule has 19 heavy (non-hydrogen) atoms. The van der Waals surface area contributed by atoms with Gasteiger partial charge in [0.1, 0.15) is 0 Å². The van der Waals surface area contributed by atoms with E-state index in [1.807, 2.05) is 45.0 Å². The standard InChI is InChI=1S/C15H23ClN2O/c1-5-15(2,3)14(19)13(18-17-4)10-11-7-6-8-12(16)9-11/h6-9,13,17-18H,5,10H2,1-4H3. The summed E-state index contributed by atoms with van der Waals surface area (Å²) in [5.74, 6) is 0.212. The van der Waals surface area contributed by atoms with Crippen molar-refractivity contribution in [2.24, 2.45) is 5.41 Å². The fraction of sp³-hybridized carbons (Fsp3) is 0.533. The van der Waals surface area contributed by atoms with E-state index in [2.05, 4.69) is 10.9 Å². The highest BCUT2D eigenvalue weighted by atomic mass is 35.5. The van der Waals surface area contributed by atoms with Crippen LogP contribution in [-0.2, 0) is 11.2 Å². The van der Waals surface area contributed by atoms with Gasteiger partial charge in [0.05, 0.1) is 6.04 Å². The molecule has 1 aromatic rings. The van der Waals surface area contributed by atoms with E-state index in [-0.39, 0.29) is 17.2 Å². The van der Waals surface area contributed by atoms with Gasteiger partial charge in [0.25, 0.3) is 0 Å². The van der Waals surface area contributed by atoms with Gasteiger partial charge in [0.15, 0.2) is 5.78 Å². The molecule has 3 nitrogen and oxygen atoms in total. The molecule has 1 atom stereocenters. The molecule has 0 aliphatic carbocycles. The fourth-order valence-corrected chi connectivity index (χ4v) is 2.14. The Hall–Kier alpha value is -0.900. The van der Waals surface area contributed by atoms with Crippen molar-refractivity contribution >= 4 is 17.4 Å². The van der Waals surface area contributed by atoms with Gasteiger partial charge < -0.3 is 0 Å². The third-order valence-electron chi connectivity index (χ3n) is 3.51. The van der Waals surface area contributed by atoms with Gasteiger partial charge in [-0.05, 0) is 37.6 Å². The van der Waals surface area contributed by atoms with E-state index in [0.29, 0.717) is 11.4 Å². The maximum atomic E-state index is 12.5. The van der Waals surface area contributed by atoms with Crippen LogP contribution in [0.3, 0.4) is 0 Å². The second-order valence-electron chi connectivity index (χ2n) is 5.38. The first kappa shape index (κ1) is 16.2. The average molecular weight is 283 g/mol. The number of Topliss-reactive ketones (excluding diaryl/α,β-unsaturated/α-hetero) is 1. The van der Waals surface area contributed by atoms with Crippen LogP contribution in [-0.4, -0.2) is 18.9 Å². The smallest absolute Gasteiger partial charge is 0.156 e. The second-order valence-corrected chi connectivity index (χ2v) is 5.82. The van der Waals surface area contributed by atoms with E-state index in [4.69, 9.17) is 11.6 Å². The monoisotopic (exact) mass is 282 g/mol. The molecule has 0 saturated carbocycles. The molecule has 1 unspecified atom stereocenters. The fourth-order valence-electron chi connectivity index (χ4n) is 1.93. The number of hydrogen-bond donors (Lipinski definition) is 2. The summed E-state index contributed by atoms with van der Waals surface area (Å²) in [4.78, 5) is 12.5. The third-order valence-corrected chi connectivity index (χ3v) is 3.75. The van der Waals surface area contributed by atoms with Crippen molar-refractivity contribution < 1.29 is 4.79 Å². The van der Waals surface area contributed by atoms with Crippen molar-refractivity contribution in [1.82, 2.24) is 10.9 Å². The highest BCUT2D eigenvalue weighted by Gasteiger charge is 2.31. The van der Waals surface area contributed by atoms with Crippen LogP contribution in [0.15, 0.2) is 24.3 Å². The van der Waals surface area contributed by atoms with Crippen LogP contribution in [0.2, 0.25) is 5.02 Å². The molecule has 0 amide bonds. The van der Waals surface area contributed by atoms with E-state index >= 15 is 0 Å². The number of carbonyl (C=O) groups excluding carboxylic acids is 1. The average Bonchev–Trinajstić information content (AvgIpc) is 2.37. The minimum Gasteiger partial charge on any atom is -0.297 e. The first-order valence-corrected chi connectivity index (χ1v) is 6.99. The number of benzene rings is 1. The lowest BCUT2D eigenvalue weighted by Crippen LogP contribution is -2.49. The van der Waals surface area contributed by atoms with Crippen LogP contribution in [0, 0.1) is 5.41 Å². The van der Waals surface area contributed by atoms with E-state index in [9.17, 15) is 4.79 Å².